The van der Waals surface area contributed by atoms with Crippen molar-refractivity contribution in [3.05, 3.63) is 65.7 Å². The van der Waals surface area contributed by atoms with Crippen molar-refractivity contribution in [1.82, 2.24) is 16.2 Å². The van der Waals surface area contributed by atoms with Gasteiger partial charge in [0.05, 0.1) is 13.0 Å². The molecule has 0 aliphatic carbocycles. The van der Waals surface area contributed by atoms with Gasteiger partial charge in [-0.2, -0.15) is 0 Å². The molecule has 0 unspecified atom stereocenters. The van der Waals surface area contributed by atoms with Crippen LogP contribution in [0.4, 0.5) is 5.69 Å². The van der Waals surface area contributed by atoms with Crippen LogP contribution in [0.5, 0.6) is 0 Å². The lowest BCUT2D eigenvalue weighted by atomic mass is 10.0. The zero-order valence-corrected chi connectivity index (χ0v) is 18.1. The maximum Gasteiger partial charge on any atom is 0.261 e. The number of hydrogen-bond donors (Lipinski definition) is 3. The van der Waals surface area contributed by atoms with E-state index >= 15 is 0 Å². The van der Waals surface area contributed by atoms with Crippen LogP contribution in [0.25, 0.3) is 0 Å². The van der Waals surface area contributed by atoms with Crippen LogP contribution in [0.15, 0.2) is 54.6 Å². The summed E-state index contributed by atoms with van der Waals surface area (Å²) >= 11 is 0. The van der Waals surface area contributed by atoms with E-state index in [1.54, 1.807) is 0 Å². The highest BCUT2D eigenvalue weighted by Gasteiger charge is 2.25. The van der Waals surface area contributed by atoms with Crippen LogP contribution in [0, 0.1) is 5.92 Å². The van der Waals surface area contributed by atoms with Gasteiger partial charge in [0.1, 0.15) is 6.04 Å². The number of amides is 3. The number of carbonyl (C=O) groups is 3. The summed E-state index contributed by atoms with van der Waals surface area (Å²) in [5.41, 5.74) is 8.11. The molecule has 164 valence electrons. The van der Waals surface area contributed by atoms with E-state index in [-0.39, 0.29) is 30.7 Å². The number of nitrogens with zero attached hydrogens (tertiary/aromatic N) is 1. The molecule has 7 heteroatoms. The van der Waals surface area contributed by atoms with Gasteiger partial charge in [-0.25, -0.2) is 0 Å². The molecule has 0 bridgehead atoms. The number of para-hydroxylation sites is 1. The first-order valence-corrected chi connectivity index (χ1v) is 10.7. The molecule has 0 fully saturated rings. The topological polar surface area (TPSA) is 90.5 Å². The molecule has 0 radical (unpaired) electrons. The molecule has 2 aromatic carbocycles. The number of anilines is 1. The average Bonchev–Trinajstić information content (AvgIpc) is 2.76. The van der Waals surface area contributed by atoms with Crippen LogP contribution in [-0.4, -0.2) is 36.9 Å². The highest BCUT2D eigenvalue weighted by Crippen LogP contribution is 2.26. The summed E-state index contributed by atoms with van der Waals surface area (Å²) in [6, 6.07) is 16.7. The van der Waals surface area contributed by atoms with Gasteiger partial charge in [0.15, 0.2) is 0 Å². The van der Waals surface area contributed by atoms with Gasteiger partial charge in [0.2, 0.25) is 5.91 Å². The Bertz CT molecular complexity index is 914. The fraction of sp³-hybridized carbons (Fsp3) is 0.375. The predicted molar refractivity (Wildman–Crippen MR) is 120 cm³/mol. The van der Waals surface area contributed by atoms with E-state index in [0.29, 0.717) is 0 Å². The van der Waals surface area contributed by atoms with Crippen molar-refractivity contribution < 1.29 is 14.4 Å². The summed E-state index contributed by atoms with van der Waals surface area (Å²) in [5, 5.41) is 2.77. The van der Waals surface area contributed by atoms with Gasteiger partial charge < -0.3 is 10.2 Å². The van der Waals surface area contributed by atoms with Gasteiger partial charge in [-0.05, 0) is 36.0 Å². The second-order valence-electron chi connectivity index (χ2n) is 8.14. The minimum atomic E-state index is -0.743. The molecule has 0 aromatic heterocycles. The van der Waals surface area contributed by atoms with E-state index in [0.717, 1.165) is 30.6 Å². The Labute approximate surface area is 183 Å². The molecular weight excluding hydrogens is 392 g/mol. The summed E-state index contributed by atoms with van der Waals surface area (Å²) in [7, 11) is 0. The van der Waals surface area contributed by atoms with Gasteiger partial charge in [-0.15, -0.1) is 0 Å². The Morgan fingerprint density at radius 1 is 0.935 bits per heavy atom. The predicted octanol–water partition coefficient (Wildman–Crippen LogP) is 1.97. The standard InChI is InChI=1S/C24H30N4O3/c1-17(2)23(25-21(29)15-18-9-4-3-5-10-18)24(31)27-26-22(30)16-28-14-8-12-19-11-6-7-13-20(19)28/h3-7,9-11,13,17,23H,8,12,14-16H2,1-2H3,(H,25,29)(H,26,30)(H,27,31)/t23-/m0/s1. The van der Waals surface area contributed by atoms with Crippen molar-refractivity contribution in [2.75, 3.05) is 18.0 Å². The largest absolute Gasteiger partial charge is 0.362 e. The summed E-state index contributed by atoms with van der Waals surface area (Å²) in [5.74, 6) is -1.12. The van der Waals surface area contributed by atoms with Crippen LogP contribution in [0.3, 0.4) is 0 Å². The molecule has 1 aliphatic rings. The molecule has 0 saturated heterocycles. The molecule has 3 rings (SSSR count). The zero-order chi connectivity index (χ0) is 22.2. The van der Waals surface area contributed by atoms with Crippen LogP contribution in [0.2, 0.25) is 0 Å². The zero-order valence-electron chi connectivity index (χ0n) is 18.1. The highest BCUT2D eigenvalue weighted by molar-refractivity contribution is 5.90. The monoisotopic (exact) mass is 422 g/mol. The molecule has 1 atom stereocenters. The third kappa shape index (κ3) is 6.31. The number of benzene rings is 2. The molecule has 0 spiro atoms. The third-order valence-electron chi connectivity index (χ3n) is 5.34. The highest BCUT2D eigenvalue weighted by atomic mass is 16.2. The Morgan fingerprint density at radius 2 is 1.65 bits per heavy atom. The summed E-state index contributed by atoms with van der Waals surface area (Å²) in [6.45, 7) is 4.64. The number of nitrogens with one attached hydrogen (secondary N) is 3. The van der Waals surface area contributed by atoms with Crippen molar-refractivity contribution in [1.29, 1.82) is 0 Å². The number of rotatable bonds is 7. The molecule has 3 N–H and O–H groups in total. The molecule has 2 aromatic rings. The Morgan fingerprint density at radius 3 is 2.39 bits per heavy atom. The maximum atomic E-state index is 12.6. The fourth-order valence-corrected chi connectivity index (χ4v) is 3.74. The first kappa shape index (κ1) is 22.3. The lowest BCUT2D eigenvalue weighted by molar-refractivity contribution is -0.132. The van der Waals surface area contributed by atoms with Crippen LogP contribution >= 0.6 is 0 Å². The van der Waals surface area contributed by atoms with Gasteiger partial charge >= 0.3 is 0 Å². The lowest BCUT2D eigenvalue weighted by Gasteiger charge is -2.30. The lowest BCUT2D eigenvalue weighted by Crippen LogP contribution is -2.55. The second-order valence-corrected chi connectivity index (χ2v) is 8.14. The Balaban J connectivity index is 1.50. The van der Waals surface area contributed by atoms with Gasteiger partial charge in [0, 0.05) is 12.2 Å². The SMILES string of the molecule is CC(C)[C@H](NC(=O)Cc1ccccc1)C(=O)NNC(=O)CN1CCCc2ccccc21. The number of fused-ring (bicyclic) bond motifs is 1. The second kappa shape index (κ2) is 10.6. The Hall–Kier alpha value is -3.35. The van der Waals surface area contributed by atoms with Gasteiger partial charge in [0.25, 0.3) is 11.8 Å². The summed E-state index contributed by atoms with van der Waals surface area (Å²) < 4.78 is 0. The molecule has 7 nitrogen and oxygen atoms in total. The molecule has 3 amide bonds. The number of carbonyl (C=O) groups excluding carboxylic acids is 3. The quantitative estimate of drug-likeness (QED) is 0.595. The third-order valence-corrected chi connectivity index (χ3v) is 5.34. The van der Waals surface area contributed by atoms with E-state index in [2.05, 4.69) is 22.2 Å². The molecule has 31 heavy (non-hydrogen) atoms. The molecule has 1 heterocycles. The van der Waals surface area contributed by atoms with Gasteiger partial charge in [-0.1, -0.05) is 62.4 Å². The van der Waals surface area contributed by atoms with Crippen LogP contribution in [0.1, 0.15) is 31.4 Å². The van der Waals surface area contributed by atoms with Crippen molar-refractivity contribution in [3.63, 3.8) is 0 Å². The Kier molecular flexibility index (Phi) is 7.65. The van der Waals surface area contributed by atoms with Crippen molar-refractivity contribution in [3.8, 4) is 0 Å². The van der Waals surface area contributed by atoms with Gasteiger partial charge in [-0.3, -0.25) is 25.2 Å². The summed E-state index contributed by atoms with van der Waals surface area (Å²) in [4.78, 5) is 39.4. The average molecular weight is 423 g/mol. The smallest absolute Gasteiger partial charge is 0.261 e. The summed E-state index contributed by atoms with van der Waals surface area (Å²) in [6.07, 6.45) is 2.18. The van der Waals surface area contributed by atoms with E-state index in [1.165, 1.54) is 5.56 Å². The molecule has 0 saturated carbocycles. The van der Waals surface area contributed by atoms with E-state index in [9.17, 15) is 14.4 Å². The number of hydrazine groups is 1. The maximum absolute atomic E-state index is 12.6. The van der Waals surface area contributed by atoms with E-state index in [1.807, 2.05) is 67.3 Å². The number of hydrogen-bond acceptors (Lipinski definition) is 4. The first-order valence-electron chi connectivity index (χ1n) is 10.7. The minimum absolute atomic E-state index is 0.134. The fourth-order valence-electron chi connectivity index (χ4n) is 3.74. The van der Waals surface area contributed by atoms with Crippen molar-refractivity contribution >= 4 is 23.4 Å². The number of aryl methyl sites for hydroxylation is 1. The van der Waals surface area contributed by atoms with E-state index < -0.39 is 11.9 Å². The van der Waals surface area contributed by atoms with Crippen LogP contribution < -0.4 is 21.1 Å². The minimum Gasteiger partial charge on any atom is -0.362 e. The normalized spacial score (nSPS) is 13.8. The van der Waals surface area contributed by atoms with Crippen LogP contribution in [-0.2, 0) is 27.2 Å². The first-order chi connectivity index (χ1) is 14.9. The molecule has 1 aliphatic heterocycles. The van der Waals surface area contributed by atoms with E-state index in [4.69, 9.17) is 0 Å². The van der Waals surface area contributed by atoms with Crippen molar-refractivity contribution in [2.45, 2.75) is 39.2 Å². The van der Waals surface area contributed by atoms with Crippen molar-refractivity contribution in [2.24, 2.45) is 5.92 Å². The molecular formula is C24H30N4O3.